The molecule has 0 spiro atoms. The van der Waals surface area contributed by atoms with E-state index in [-0.39, 0.29) is 16.5 Å². The highest BCUT2D eigenvalue weighted by Gasteiger charge is 2.30. The van der Waals surface area contributed by atoms with Gasteiger partial charge in [-0.15, -0.1) is 11.6 Å². The first-order chi connectivity index (χ1) is 5.11. The lowest BCUT2D eigenvalue weighted by atomic mass is 9.81. The Morgan fingerprint density at radius 1 is 1.45 bits per heavy atom. The van der Waals surface area contributed by atoms with Gasteiger partial charge in [-0.2, -0.15) is 0 Å². The number of hydrogen-bond donors (Lipinski definition) is 0. The first kappa shape index (κ1) is 9.34. The molecule has 1 aliphatic rings. The van der Waals surface area contributed by atoms with E-state index in [1.54, 1.807) is 0 Å². The first-order valence-corrected chi connectivity index (χ1v) is 4.76. The van der Waals surface area contributed by atoms with Crippen molar-refractivity contribution < 1.29 is 4.79 Å². The van der Waals surface area contributed by atoms with Crippen molar-refractivity contribution in [2.75, 3.05) is 0 Å². The van der Waals surface area contributed by atoms with Crippen LogP contribution >= 0.6 is 23.2 Å². The molecule has 1 rings (SSSR count). The van der Waals surface area contributed by atoms with Gasteiger partial charge in [0.25, 0.3) is 0 Å². The van der Waals surface area contributed by atoms with Crippen molar-refractivity contribution in [2.24, 2.45) is 11.8 Å². The normalized spacial score (nSPS) is 38.6. The van der Waals surface area contributed by atoms with E-state index in [2.05, 4.69) is 0 Å². The first-order valence-electron chi connectivity index (χ1n) is 3.94. The molecule has 3 heteroatoms. The maximum Gasteiger partial charge on any atom is 0.224 e. The minimum absolute atomic E-state index is 0.0478. The predicted molar refractivity (Wildman–Crippen MR) is 47.0 cm³/mol. The summed E-state index contributed by atoms with van der Waals surface area (Å²) in [5.41, 5.74) is 0. The summed E-state index contributed by atoms with van der Waals surface area (Å²) in [6, 6.07) is 0. The molecule has 1 fully saturated rings. The van der Waals surface area contributed by atoms with Crippen molar-refractivity contribution >= 4 is 28.4 Å². The standard InChI is InChI=1S/C8H12Cl2O/c1-5-4-6(9)2-3-7(5)8(10)11/h5-7H,2-4H2,1H3. The van der Waals surface area contributed by atoms with E-state index in [0.717, 1.165) is 19.3 Å². The van der Waals surface area contributed by atoms with Crippen LogP contribution in [0.2, 0.25) is 0 Å². The largest absolute Gasteiger partial charge is 0.281 e. The molecule has 11 heavy (non-hydrogen) atoms. The molecule has 3 unspecified atom stereocenters. The lowest BCUT2D eigenvalue weighted by molar-refractivity contribution is -0.117. The van der Waals surface area contributed by atoms with Crippen LogP contribution in [0.1, 0.15) is 26.2 Å². The molecule has 1 nitrogen and oxygen atoms in total. The second-order valence-corrected chi connectivity index (χ2v) is 4.29. The van der Waals surface area contributed by atoms with Crippen molar-refractivity contribution in [2.45, 2.75) is 31.6 Å². The Kier molecular flexibility index (Phi) is 3.20. The van der Waals surface area contributed by atoms with Crippen LogP contribution in [-0.2, 0) is 4.79 Å². The number of halogens is 2. The van der Waals surface area contributed by atoms with Crippen molar-refractivity contribution in [1.82, 2.24) is 0 Å². The Morgan fingerprint density at radius 3 is 2.55 bits per heavy atom. The summed E-state index contributed by atoms with van der Waals surface area (Å²) in [7, 11) is 0. The molecule has 64 valence electrons. The van der Waals surface area contributed by atoms with Crippen LogP contribution in [0.4, 0.5) is 0 Å². The number of carbonyl (C=O) groups excluding carboxylic acids is 1. The smallest absolute Gasteiger partial charge is 0.224 e. The number of alkyl halides is 1. The molecule has 0 bridgehead atoms. The Morgan fingerprint density at radius 2 is 2.09 bits per heavy atom. The number of carbonyl (C=O) groups is 1. The molecule has 0 saturated heterocycles. The van der Waals surface area contributed by atoms with Crippen LogP contribution in [0.25, 0.3) is 0 Å². The second-order valence-electron chi connectivity index (χ2n) is 3.30. The van der Waals surface area contributed by atoms with Gasteiger partial charge in [-0.05, 0) is 36.8 Å². The van der Waals surface area contributed by atoms with E-state index in [0.29, 0.717) is 5.92 Å². The van der Waals surface area contributed by atoms with Crippen molar-refractivity contribution in [3.8, 4) is 0 Å². The van der Waals surface area contributed by atoms with Gasteiger partial charge in [0.05, 0.1) is 0 Å². The molecule has 1 saturated carbocycles. The summed E-state index contributed by atoms with van der Waals surface area (Å²) >= 11 is 11.3. The molecule has 3 atom stereocenters. The van der Waals surface area contributed by atoms with Crippen LogP contribution in [0.15, 0.2) is 0 Å². The predicted octanol–water partition coefficient (Wildman–Crippen LogP) is 2.80. The minimum Gasteiger partial charge on any atom is -0.281 e. The zero-order valence-electron chi connectivity index (χ0n) is 6.52. The highest BCUT2D eigenvalue weighted by Crippen LogP contribution is 2.33. The van der Waals surface area contributed by atoms with Crippen LogP contribution in [0.3, 0.4) is 0 Å². The molecule has 0 heterocycles. The third-order valence-corrected chi connectivity index (χ3v) is 3.07. The summed E-state index contributed by atoms with van der Waals surface area (Å²) in [6.45, 7) is 2.04. The van der Waals surface area contributed by atoms with Gasteiger partial charge in [0.15, 0.2) is 0 Å². The molecular weight excluding hydrogens is 183 g/mol. The van der Waals surface area contributed by atoms with Gasteiger partial charge < -0.3 is 0 Å². The molecule has 0 aromatic heterocycles. The van der Waals surface area contributed by atoms with Crippen molar-refractivity contribution in [3.05, 3.63) is 0 Å². The highest BCUT2D eigenvalue weighted by atomic mass is 35.5. The zero-order chi connectivity index (χ0) is 8.43. The molecule has 0 aromatic carbocycles. The summed E-state index contributed by atoms with van der Waals surface area (Å²) in [5, 5.41) is 0.0540. The summed E-state index contributed by atoms with van der Waals surface area (Å²) in [5.74, 6) is 0.405. The quantitative estimate of drug-likeness (QED) is 0.464. The Labute approximate surface area is 77.1 Å². The van der Waals surface area contributed by atoms with Crippen LogP contribution in [0.5, 0.6) is 0 Å². The number of rotatable bonds is 1. The van der Waals surface area contributed by atoms with E-state index in [9.17, 15) is 4.79 Å². The van der Waals surface area contributed by atoms with Gasteiger partial charge in [-0.25, -0.2) is 0 Å². The minimum atomic E-state index is -0.193. The van der Waals surface area contributed by atoms with E-state index in [4.69, 9.17) is 23.2 Å². The fourth-order valence-electron chi connectivity index (χ4n) is 1.67. The molecular formula is C8H12Cl2O. The molecule has 0 amide bonds. The SMILES string of the molecule is CC1CC(Cl)CCC1C(=O)Cl. The second kappa shape index (κ2) is 3.77. The van der Waals surface area contributed by atoms with Crippen molar-refractivity contribution in [1.29, 1.82) is 0 Å². The fraction of sp³-hybridized carbons (Fsp3) is 0.875. The monoisotopic (exact) mass is 194 g/mol. The maximum atomic E-state index is 10.8. The summed E-state index contributed by atoms with van der Waals surface area (Å²) in [4.78, 5) is 10.8. The van der Waals surface area contributed by atoms with E-state index < -0.39 is 0 Å². The number of hydrogen-bond acceptors (Lipinski definition) is 1. The average molecular weight is 195 g/mol. The molecule has 0 N–H and O–H groups in total. The van der Waals surface area contributed by atoms with Gasteiger partial charge >= 0.3 is 0 Å². The topological polar surface area (TPSA) is 17.1 Å². The van der Waals surface area contributed by atoms with Crippen LogP contribution in [0, 0.1) is 11.8 Å². The van der Waals surface area contributed by atoms with Gasteiger partial charge in [-0.3, -0.25) is 4.79 Å². The Hall–Kier alpha value is 0.250. The summed E-state index contributed by atoms with van der Waals surface area (Å²) < 4.78 is 0. The Bertz CT molecular complexity index is 158. The molecule has 0 radical (unpaired) electrons. The lowest BCUT2D eigenvalue weighted by Gasteiger charge is -2.28. The third-order valence-electron chi connectivity index (χ3n) is 2.40. The average Bonchev–Trinajstić information content (AvgIpc) is 1.85. The third kappa shape index (κ3) is 2.34. The van der Waals surface area contributed by atoms with Gasteiger partial charge in [0.1, 0.15) is 0 Å². The molecule has 0 aromatic rings. The van der Waals surface area contributed by atoms with Gasteiger partial charge in [0.2, 0.25) is 5.24 Å². The van der Waals surface area contributed by atoms with E-state index in [1.807, 2.05) is 6.92 Å². The Balaban J connectivity index is 2.50. The molecule has 1 aliphatic carbocycles. The van der Waals surface area contributed by atoms with Crippen LogP contribution < -0.4 is 0 Å². The molecule has 0 aliphatic heterocycles. The van der Waals surface area contributed by atoms with Gasteiger partial charge in [0, 0.05) is 11.3 Å². The lowest BCUT2D eigenvalue weighted by Crippen LogP contribution is -2.26. The van der Waals surface area contributed by atoms with Crippen LogP contribution in [-0.4, -0.2) is 10.6 Å². The highest BCUT2D eigenvalue weighted by molar-refractivity contribution is 6.64. The van der Waals surface area contributed by atoms with E-state index in [1.165, 1.54) is 0 Å². The summed E-state index contributed by atoms with van der Waals surface area (Å²) in [6.07, 6.45) is 2.71. The fourth-order valence-corrected chi connectivity index (χ4v) is 2.40. The maximum absolute atomic E-state index is 10.8. The van der Waals surface area contributed by atoms with Gasteiger partial charge in [-0.1, -0.05) is 6.92 Å². The zero-order valence-corrected chi connectivity index (χ0v) is 8.03. The van der Waals surface area contributed by atoms with Crippen molar-refractivity contribution in [3.63, 3.8) is 0 Å². The van der Waals surface area contributed by atoms with E-state index >= 15 is 0 Å².